The topological polar surface area (TPSA) is 105 Å². The average Bonchev–Trinajstić information content (AvgIpc) is 3.80. The van der Waals surface area contributed by atoms with Gasteiger partial charge in [0.25, 0.3) is 11.8 Å². The maximum Gasteiger partial charge on any atom is 0.261 e. The van der Waals surface area contributed by atoms with Crippen LogP contribution in [0.3, 0.4) is 0 Å². The SMILES string of the molecule is CCCCC(CC)CN1C(=O)C2=C(C3CCCS3)N(CC(CC)CCCC)C(=O)C2=C1C1=CCC(C2=CC(N)NC(N)C2)S1. The van der Waals surface area contributed by atoms with Crippen LogP contribution in [0.15, 0.2) is 45.2 Å². The van der Waals surface area contributed by atoms with E-state index >= 15 is 0 Å². The fourth-order valence-electron chi connectivity index (χ4n) is 7.50. The van der Waals surface area contributed by atoms with Crippen molar-refractivity contribution in [3.8, 4) is 0 Å². The first-order valence-electron chi connectivity index (χ1n) is 17.4. The fourth-order valence-corrected chi connectivity index (χ4v) is 10.2. The highest BCUT2D eigenvalue weighted by molar-refractivity contribution is 8.04. The molecule has 5 aliphatic rings. The van der Waals surface area contributed by atoms with Gasteiger partial charge in [-0.15, -0.1) is 11.8 Å². The fraction of sp³-hybridized carbons (Fsp3) is 0.714. The van der Waals surface area contributed by atoms with Crippen LogP contribution in [-0.2, 0) is 9.59 Å². The highest BCUT2D eigenvalue weighted by Crippen LogP contribution is 2.52. The smallest absolute Gasteiger partial charge is 0.261 e. The normalized spacial score (nSPS) is 28.8. The Kier molecular flexibility index (Phi) is 11.8. The van der Waals surface area contributed by atoms with Crippen LogP contribution < -0.4 is 16.8 Å². The molecule has 6 atom stereocenters. The number of amides is 2. The van der Waals surface area contributed by atoms with Crippen molar-refractivity contribution in [1.29, 1.82) is 0 Å². The van der Waals surface area contributed by atoms with Gasteiger partial charge in [0, 0.05) is 34.2 Å². The molecule has 5 N–H and O–H groups in total. The summed E-state index contributed by atoms with van der Waals surface area (Å²) >= 11 is 3.73. The summed E-state index contributed by atoms with van der Waals surface area (Å²) in [5, 5.41) is 3.63. The molecule has 5 heterocycles. The molecule has 7 nitrogen and oxygen atoms in total. The lowest BCUT2D eigenvalue weighted by Crippen LogP contribution is -2.51. The second-order valence-corrected chi connectivity index (χ2v) is 15.9. The molecule has 5 aliphatic heterocycles. The summed E-state index contributed by atoms with van der Waals surface area (Å²) in [5.74, 6) is 2.05. The van der Waals surface area contributed by atoms with Crippen molar-refractivity contribution in [3.63, 3.8) is 0 Å². The Morgan fingerprint density at radius 1 is 0.932 bits per heavy atom. The number of hydrogen-bond donors (Lipinski definition) is 3. The van der Waals surface area contributed by atoms with Gasteiger partial charge in [0.05, 0.1) is 29.2 Å². The first-order valence-corrected chi connectivity index (χ1v) is 19.3. The van der Waals surface area contributed by atoms with E-state index in [9.17, 15) is 9.59 Å². The van der Waals surface area contributed by atoms with E-state index in [-0.39, 0.29) is 34.6 Å². The van der Waals surface area contributed by atoms with E-state index in [0.29, 0.717) is 30.5 Å². The summed E-state index contributed by atoms with van der Waals surface area (Å²) in [6.45, 7) is 10.3. The molecule has 244 valence electrons. The standard InChI is InChI=1S/C35H55N5O2S2/c1-5-9-12-22(7-3)20-39-32(26-14-11-17-43-26)30-31(35(39)42)33(40(34(30)41)21-23(8-4)13-10-6-2)27-16-15-25(44-27)24-18-28(36)38-29(37)19-24/h16,18,22-23,25-26,28-29,38H,5-15,17,19-21,36-37H2,1-4H3. The predicted octanol–water partition coefficient (Wildman–Crippen LogP) is 6.39. The van der Waals surface area contributed by atoms with Crippen molar-refractivity contribution < 1.29 is 9.59 Å². The molecule has 5 rings (SSSR count). The number of carbonyl (C=O) groups excluding carboxylic acids is 2. The molecule has 0 spiro atoms. The zero-order chi connectivity index (χ0) is 31.4. The van der Waals surface area contributed by atoms with Gasteiger partial charge < -0.3 is 21.3 Å². The Bertz CT molecular complexity index is 1200. The third-order valence-electron chi connectivity index (χ3n) is 10.1. The van der Waals surface area contributed by atoms with Crippen LogP contribution >= 0.6 is 23.5 Å². The minimum absolute atomic E-state index is 0.0555. The molecule has 0 aliphatic carbocycles. The maximum absolute atomic E-state index is 14.7. The summed E-state index contributed by atoms with van der Waals surface area (Å²) < 4.78 is 0. The van der Waals surface area contributed by atoms with Gasteiger partial charge in [-0.1, -0.05) is 83.9 Å². The van der Waals surface area contributed by atoms with E-state index in [0.717, 1.165) is 98.3 Å². The maximum atomic E-state index is 14.7. The number of unbranched alkanes of at least 4 members (excludes halogenated alkanes) is 2. The second-order valence-electron chi connectivity index (χ2n) is 13.3. The zero-order valence-corrected chi connectivity index (χ0v) is 29.0. The number of rotatable bonds is 15. The molecule has 1 saturated heterocycles. The Morgan fingerprint density at radius 2 is 1.59 bits per heavy atom. The molecule has 1 fully saturated rings. The van der Waals surface area contributed by atoms with Gasteiger partial charge in [-0.05, 0) is 56.1 Å². The van der Waals surface area contributed by atoms with Gasteiger partial charge in [-0.3, -0.25) is 14.9 Å². The largest absolute Gasteiger partial charge is 0.316 e. The third kappa shape index (κ3) is 7.07. The number of thioether (sulfide) groups is 2. The lowest BCUT2D eigenvalue weighted by molar-refractivity contribution is -0.125. The highest BCUT2D eigenvalue weighted by Gasteiger charge is 2.52. The van der Waals surface area contributed by atoms with E-state index in [4.69, 9.17) is 11.5 Å². The van der Waals surface area contributed by atoms with Crippen LogP contribution in [0.4, 0.5) is 0 Å². The van der Waals surface area contributed by atoms with Crippen LogP contribution in [0, 0.1) is 11.8 Å². The molecule has 6 unspecified atom stereocenters. The van der Waals surface area contributed by atoms with Crippen molar-refractivity contribution in [3.05, 3.63) is 45.2 Å². The van der Waals surface area contributed by atoms with Gasteiger partial charge >= 0.3 is 0 Å². The number of nitrogens with one attached hydrogen (secondary N) is 1. The van der Waals surface area contributed by atoms with Crippen molar-refractivity contribution >= 4 is 35.3 Å². The number of carbonyl (C=O) groups is 2. The van der Waals surface area contributed by atoms with Crippen LogP contribution in [0.5, 0.6) is 0 Å². The van der Waals surface area contributed by atoms with E-state index in [1.54, 1.807) is 11.8 Å². The van der Waals surface area contributed by atoms with Crippen molar-refractivity contribution in [1.82, 2.24) is 15.1 Å². The van der Waals surface area contributed by atoms with Crippen LogP contribution in [0.25, 0.3) is 0 Å². The number of nitrogens with two attached hydrogens (primary N) is 2. The van der Waals surface area contributed by atoms with Crippen molar-refractivity contribution in [2.45, 2.75) is 128 Å². The van der Waals surface area contributed by atoms with Gasteiger partial charge in [-0.25, -0.2) is 0 Å². The van der Waals surface area contributed by atoms with Gasteiger partial charge in [0.15, 0.2) is 0 Å². The highest BCUT2D eigenvalue weighted by atomic mass is 32.2. The molecule has 0 aromatic carbocycles. The lowest BCUT2D eigenvalue weighted by atomic mass is 9.98. The molecule has 0 aromatic heterocycles. The molecule has 0 aromatic rings. The monoisotopic (exact) mass is 641 g/mol. The summed E-state index contributed by atoms with van der Waals surface area (Å²) in [4.78, 5) is 34.5. The Morgan fingerprint density at radius 3 is 2.18 bits per heavy atom. The first kappa shape index (κ1) is 33.8. The Hall–Kier alpha value is -1.52. The van der Waals surface area contributed by atoms with Gasteiger partial charge in [0.1, 0.15) is 0 Å². The quantitative estimate of drug-likeness (QED) is 0.178. The molecular formula is C35H55N5O2S2. The van der Waals surface area contributed by atoms with Crippen LogP contribution in [0.2, 0.25) is 0 Å². The number of allylic oxidation sites excluding steroid dienone is 1. The van der Waals surface area contributed by atoms with Crippen molar-refractivity contribution in [2.24, 2.45) is 23.3 Å². The minimum atomic E-state index is -0.251. The van der Waals surface area contributed by atoms with Gasteiger partial charge in [0.2, 0.25) is 0 Å². The zero-order valence-electron chi connectivity index (χ0n) is 27.4. The molecule has 0 saturated carbocycles. The van der Waals surface area contributed by atoms with E-state index < -0.39 is 0 Å². The molecule has 0 radical (unpaired) electrons. The van der Waals surface area contributed by atoms with E-state index in [1.807, 2.05) is 16.7 Å². The molecule has 0 bridgehead atoms. The number of fused-ring (bicyclic) bond motifs is 1. The third-order valence-corrected chi connectivity index (χ3v) is 12.9. The second kappa shape index (κ2) is 15.4. The lowest BCUT2D eigenvalue weighted by Gasteiger charge is -2.31. The number of nitrogens with zero attached hydrogens (tertiary/aromatic N) is 2. The van der Waals surface area contributed by atoms with Crippen LogP contribution in [-0.4, -0.2) is 63.3 Å². The summed E-state index contributed by atoms with van der Waals surface area (Å²) in [7, 11) is 0. The van der Waals surface area contributed by atoms with E-state index in [1.165, 1.54) is 12.0 Å². The van der Waals surface area contributed by atoms with Crippen LogP contribution in [0.1, 0.15) is 105 Å². The van der Waals surface area contributed by atoms with Gasteiger partial charge in [-0.2, -0.15) is 11.8 Å². The summed E-state index contributed by atoms with van der Waals surface area (Å²) in [6.07, 6.45) is 16.7. The summed E-state index contributed by atoms with van der Waals surface area (Å²) in [6, 6.07) is 0. The molecular weight excluding hydrogens is 587 g/mol. The Labute approximate surface area is 274 Å². The minimum Gasteiger partial charge on any atom is -0.316 e. The Balaban J connectivity index is 1.55. The molecule has 9 heteroatoms. The number of hydrogen-bond acceptors (Lipinski definition) is 7. The molecule has 44 heavy (non-hydrogen) atoms. The first-order chi connectivity index (χ1) is 21.3. The molecule has 2 amide bonds. The summed E-state index contributed by atoms with van der Waals surface area (Å²) in [5.41, 5.74) is 17.1. The van der Waals surface area contributed by atoms with E-state index in [2.05, 4.69) is 50.1 Å². The average molecular weight is 642 g/mol. The predicted molar refractivity (Wildman–Crippen MR) is 185 cm³/mol. The van der Waals surface area contributed by atoms with Crippen molar-refractivity contribution in [2.75, 3.05) is 18.8 Å².